The number of alkyl halides is 3. The molecule has 0 aliphatic carbocycles. The topological polar surface area (TPSA) is 83.0 Å². The van der Waals surface area contributed by atoms with E-state index < -0.39 is 69.3 Å². The van der Waals surface area contributed by atoms with E-state index in [0.29, 0.717) is 26.1 Å². The van der Waals surface area contributed by atoms with Gasteiger partial charge in [0.05, 0.1) is 22.1 Å². The van der Waals surface area contributed by atoms with Crippen LogP contribution < -0.4 is 19.7 Å². The molecular weight excluding hydrogens is 652 g/mol. The fourth-order valence-electron chi connectivity index (χ4n) is 8.35. The molecule has 1 aromatic heterocycles. The first-order chi connectivity index (χ1) is 23.5. The Kier molecular flexibility index (Phi) is 7.68. The first kappa shape index (κ1) is 31.8. The van der Waals surface area contributed by atoms with Gasteiger partial charge in [-0.25, -0.2) is 17.6 Å². The molecule has 2 N–H and O–H groups in total. The highest BCUT2D eigenvalue weighted by Crippen LogP contribution is 2.47. The van der Waals surface area contributed by atoms with Crippen molar-refractivity contribution in [2.75, 3.05) is 37.7 Å². The minimum atomic E-state index is -3.54. The van der Waals surface area contributed by atoms with Crippen LogP contribution >= 0.6 is 0 Å². The molecule has 3 aromatic carbocycles. The minimum absolute atomic E-state index is 0.0107. The van der Waals surface area contributed by atoms with E-state index in [9.17, 15) is 22.7 Å². The molecule has 4 saturated heterocycles. The molecule has 2 unspecified atom stereocenters. The summed E-state index contributed by atoms with van der Waals surface area (Å²) >= 11 is 0. The van der Waals surface area contributed by atoms with E-state index in [-0.39, 0.29) is 59.8 Å². The van der Waals surface area contributed by atoms with Crippen LogP contribution in [0.1, 0.15) is 37.7 Å². The lowest BCUT2D eigenvalue weighted by Crippen LogP contribution is -2.51. The van der Waals surface area contributed by atoms with Gasteiger partial charge in [-0.3, -0.25) is 4.90 Å². The Morgan fingerprint density at radius 1 is 1.06 bits per heavy atom. The molecule has 8 nitrogen and oxygen atoms in total. The molecule has 0 saturated carbocycles. The molecular formula is C35H31F6N5O3. The van der Waals surface area contributed by atoms with Crippen molar-refractivity contribution < 1.29 is 40.9 Å². The summed E-state index contributed by atoms with van der Waals surface area (Å²) in [5.41, 5.74) is -2.88. The van der Waals surface area contributed by atoms with Crippen LogP contribution in [0.3, 0.4) is 0 Å². The number of nitrogens with zero attached hydrogens (tertiary/aromatic N) is 4. The maximum Gasteiger partial charge on any atom is 0.387 e. The number of phenols is 1. The molecule has 4 aromatic rings. The number of ether oxygens (including phenoxy) is 2. The van der Waals surface area contributed by atoms with Crippen molar-refractivity contribution in [2.45, 2.75) is 62.5 Å². The van der Waals surface area contributed by atoms with Crippen molar-refractivity contribution in [2.24, 2.45) is 0 Å². The number of hydrogen-bond donors (Lipinski definition) is 2. The van der Waals surface area contributed by atoms with Gasteiger partial charge in [-0.2, -0.15) is 18.7 Å². The molecule has 4 aliphatic rings. The first-order valence-electron chi connectivity index (χ1n) is 16.2. The fraction of sp³-hybridized carbons (Fsp3) is 0.429. The predicted octanol–water partition coefficient (Wildman–Crippen LogP) is 6.05. The van der Waals surface area contributed by atoms with E-state index in [1.165, 1.54) is 12.1 Å². The lowest BCUT2D eigenvalue weighted by molar-refractivity contribution is -0.0510. The minimum Gasteiger partial charge on any atom is -0.508 e. The maximum absolute atomic E-state index is 17.1. The second-order valence-corrected chi connectivity index (χ2v) is 13.3. The Balaban J connectivity index is 1.38. The van der Waals surface area contributed by atoms with E-state index in [0.717, 1.165) is 31.4 Å². The summed E-state index contributed by atoms with van der Waals surface area (Å²) in [4.78, 5) is 12.6. The Hall–Kier alpha value is -4.48. The van der Waals surface area contributed by atoms with Crippen LogP contribution in [0.5, 0.6) is 17.5 Å². The Morgan fingerprint density at radius 3 is 2.57 bits per heavy atom. The Morgan fingerprint density at radius 2 is 1.84 bits per heavy atom. The largest absolute Gasteiger partial charge is 0.508 e. The summed E-state index contributed by atoms with van der Waals surface area (Å²) in [5.74, 6) is -3.07. The zero-order valence-electron chi connectivity index (χ0n) is 26.1. The molecule has 4 aliphatic heterocycles. The Labute approximate surface area is 277 Å². The van der Waals surface area contributed by atoms with Crippen LogP contribution in [-0.2, 0) is 0 Å². The monoisotopic (exact) mass is 683 g/mol. The van der Waals surface area contributed by atoms with Crippen LogP contribution in [-0.4, -0.2) is 83.2 Å². The van der Waals surface area contributed by atoms with E-state index in [1.54, 1.807) is 4.90 Å². The van der Waals surface area contributed by atoms with Crippen molar-refractivity contribution in [3.63, 3.8) is 0 Å². The zero-order valence-corrected chi connectivity index (χ0v) is 26.1. The number of fused-ring (bicyclic) bond motifs is 5. The number of benzene rings is 3. The van der Waals surface area contributed by atoms with E-state index in [1.807, 2.05) is 4.90 Å². The van der Waals surface area contributed by atoms with Crippen LogP contribution in [0.4, 0.5) is 32.2 Å². The second kappa shape index (κ2) is 11.8. The van der Waals surface area contributed by atoms with Crippen molar-refractivity contribution >= 4 is 27.5 Å². The standard InChI is InChI=1S/C35H31F6N5O3/c1-2-22-24(37)7-4-17-10-21(47)11-23(25(17)22)26-28(38)30-27(31(29(26)39)49-33(40)41)32(45-14-19-5-6-20(15-45)42-19)44-34(43-30)48-16-35-8-3-9-46(35)13-18(36)12-35/h1,4,7,10-11,18-20,33,42,47H,3,5-6,8-9,12-16H2/t18-,19?,20?,35+/m1/s1. The normalized spacial score (nSPS) is 25.0. The lowest BCUT2D eigenvalue weighted by Gasteiger charge is -2.35. The number of nitrogens with one attached hydrogen (secondary N) is 1. The van der Waals surface area contributed by atoms with Gasteiger partial charge >= 0.3 is 12.6 Å². The van der Waals surface area contributed by atoms with Gasteiger partial charge in [0.25, 0.3) is 0 Å². The zero-order chi connectivity index (χ0) is 34.2. The SMILES string of the molecule is C#Cc1c(F)ccc2cc(O)cc(-c3c(F)c(OC(F)F)c4c(N5CC6CCC(C5)N6)nc(OC[C@@]56CCCN5C[C@H](F)C6)nc4c3F)c12. The Bertz CT molecular complexity index is 2030. The highest BCUT2D eigenvalue weighted by atomic mass is 19.3. The maximum atomic E-state index is 17.1. The average Bonchev–Trinajstić information content (AvgIpc) is 3.71. The number of terminal acetylenes is 1. The summed E-state index contributed by atoms with van der Waals surface area (Å²) in [5, 5.41) is 13.6. The second-order valence-electron chi connectivity index (χ2n) is 13.3. The number of halogens is 6. The molecule has 0 radical (unpaired) electrons. The molecule has 14 heteroatoms. The number of aromatic nitrogens is 2. The lowest BCUT2D eigenvalue weighted by atomic mass is 9.92. The molecule has 0 spiro atoms. The third kappa shape index (κ3) is 5.25. The van der Waals surface area contributed by atoms with Crippen LogP contribution in [0.15, 0.2) is 24.3 Å². The van der Waals surface area contributed by atoms with Crippen molar-refractivity contribution in [1.29, 1.82) is 0 Å². The highest BCUT2D eigenvalue weighted by molar-refractivity contribution is 6.06. The van der Waals surface area contributed by atoms with Crippen molar-refractivity contribution in [3.8, 4) is 41.0 Å². The quantitative estimate of drug-likeness (QED) is 0.180. The van der Waals surface area contributed by atoms with Gasteiger partial charge in [0, 0.05) is 49.1 Å². The van der Waals surface area contributed by atoms with E-state index >= 15 is 8.78 Å². The summed E-state index contributed by atoms with van der Waals surface area (Å²) < 4.78 is 102. The van der Waals surface area contributed by atoms with Gasteiger partial charge in [-0.1, -0.05) is 12.0 Å². The summed E-state index contributed by atoms with van der Waals surface area (Å²) in [6.45, 7) is -1.89. The number of rotatable bonds is 7. The molecule has 0 amide bonds. The third-order valence-corrected chi connectivity index (χ3v) is 10.4. The van der Waals surface area contributed by atoms with Gasteiger partial charge in [0.15, 0.2) is 17.4 Å². The number of aromatic hydroxyl groups is 1. The number of piperazine rings is 1. The fourth-order valence-corrected chi connectivity index (χ4v) is 8.35. The van der Waals surface area contributed by atoms with Crippen LogP contribution in [0, 0.1) is 29.8 Å². The number of anilines is 1. The van der Waals surface area contributed by atoms with Gasteiger partial charge in [0.1, 0.15) is 35.7 Å². The molecule has 4 atom stereocenters. The van der Waals surface area contributed by atoms with Crippen LogP contribution in [0.25, 0.3) is 32.8 Å². The van der Waals surface area contributed by atoms with Crippen molar-refractivity contribution in [1.82, 2.24) is 20.2 Å². The third-order valence-electron chi connectivity index (χ3n) is 10.4. The molecule has 49 heavy (non-hydrogen) atoms. The summed E-state index contributed by atoms with van der Waals surface area (Å²) in [6, 6.07) is 4.23. The van der Waals surface area contributed by atoms with Gasteiger partial charge < -0.3 is 24.8 Å². The van der Waals surface area contributed by atoms with Gasteiger partial charge in [0.2, 0.25) is 0 Å². The first-order valence-corrected chi connectivity index (χ1v) is 16.2. The van der Waals surface area contributed by atoms with Crippen LogP contribution in [0.2, 0.25) is 0 Å². The molecule has 8 rings (SSSR count). The number of hydrogen-bond acceptors (Lipinski definition) is 8. The predicted molar refractivity (Wildman–Crippen MR) is 169 cm³/mol. The average molecular weight is 684 g/mol. The van der Waals surface area contributed by atoms with Crippen molar-refractivity contribution in [3.05, 3.63) is 47.3 Å². The summed E-state index contributed by atoms with van der Waals surface area (Å²) in [7, 11) is 0. The van der Waals surface area contributed by atoms with Gasteiger partial charge in [-0.05, 0) is 55.8 Å². The molecule has 4 fully saturated rings. The smallest absolute Gasteiger partial charge is 0.387 e. The van der Waals surface area contributed by atoms with Gasteiger partial charge in [-0.15, -0.1) is 6.42 Å². The van der Waals surface area contributed by atoms with E-state index in [4.69, 9.17) is 15.9 Å². The highest BCUT2D eigenvalue weighted by Gasteiger charge is 2.49. The molecule has 5 heterocycles. The summed E-state index contributed by atoms with van der Waals surface area (Å²) in [6.07, 6.45) is 7.99. The number of phenolic OH excluding ortho intramolecular Hbond substituents is 1. The van der Waals surface area contributed by atoms with E-state index in [2.05, 4.69) is 21.2 Å². The molecule has 2 bridgehead atoms. The molecule has 256 valence electrons.